The molecule has 1 aromatic rings. The SMILES string of the molecule is COc1ccc(C(=O)N(C)CC(C)(C)CN)cc1S(=O)(=O)NC1CCCC1. The number of hydrogen-bond donors (Lipinski definition) is 2. The summed E-state index contributed by atoms with van der Waals surface area (Å²) in [5.74, 6) is -0.0292. The molecule has 1 aliphatic carbocycles. The lowest BCUT2D eigenvalue weighted by Gasteiger charge is -2.29. The summed E-state index contributed by atoms with van der Waals surface area (Å²) >= 11 is 0. The molecule has 0 aliphatic heterocycles. The standard InChI is InChI=1S/C19H31N3O4S/c1-19(2,12-20)13-22(3)18(23)14-9-10-16(26-4)17(11-14)27(24,25)21-15-7-5-6-8-15/h9-11,15,21H,5-8,12-13,20H2,1-4H3. The molecule has 0 unspecified atom stereocenters. The highest BCUT2D eigenvalue weighted by Crippen LogP contribution is 2.28. The number of hydrogen-bond acceptors (Lipinski definition) is 5. The summed E-state index contributed by atoms with van der Waals surface area (Å²) in [6.45, 7) is 4.87. The normalized spacial score (nSPS) is 15.7. The topological polar surface area (TPSA) is 102 Å². The van der Waals surface area contributed by atoms with Crippen LogP contribution < -0.4 is 15.2 Å². The number of carbonyl (C=O) groups excluding carboxylic acids is 1. The molecule has 2 rings (SSSR count). The van der Waals surface area contributed by atoms with Crippen LogP contribution in [0.5, 0.6) is 5.75 Å². The summed E-state index contributed by atoms with van der Waals surface area (Å²) in [5, 5.41) is 0. The van der Waals surface area contributed by atoms with Crippen molar-refractivity contribution in [3.8, 4) is 5.75 Å². The van der Waals surface area contributed by atoms with Crippen LogP contribution in [0.2, 0.25) is 0 Å². The average Bonchev–Trinajstić information content (AvgIpc) is 3.12. The highest BCUT2D eigenvalue weighted by atomic mass is 32.2. The van der Waals surface area contributed by atoms with Crippen molar-refractivity contribution < 1.29 is 17.9 Å². The number of methoxy groups -OCH3 is 1. The third-order valence-corrected chi connectivity index (χ3v) is 6.48. The molecule has 1 aromatic carbocycles. The van der Waals surface area contributed by atoms with E-state index in [-0.39, 0.29) is 28.0 Å². The van der Waals surface area contributed by atoms with Gasteiger partial charge in [0.25, 0.3) is 5.91 Å². The van der Waals surface area contributed by atoms with Crippen molar-refractivity contribution in [2.75, 3.05) is 27.2 Å². The Labute approximate surface area is 162 Å². The lowest BCUT2D eigenvalue weighted by Crippen LogP contribution is -2.39. The molecular weight excluding hydrogens is 366 g/mol. The summed E-state index contributed by atoms with van der Waals surface area (Å²) in [6.07, 6.45) is 3.70. The molecule has 1 aliphatic rings. The maximum absolute atomic E-state index is 12.9. The molecule has 7 nitrogen and oxygen atoms in total. The summed E-state index contributed by atoms with van der Waals surface area (Å²) < 4.78 is 33.7. The third-order valence-electron chi connectivity index (χ3n) is 4.94. The van der Waals surface area contributed by atoms with E-state index in [1.165, 1.54) is 19.2 Å². The summed E-state index contributed by atoms with van der Waals surface area (Å²) in [7, 11) is -0.666. The Hall–Kier alpha value is -1.64. The van der Waals surface area contributed by atoms with E-state index >= 15 is 0 Å². The third kappa shape index (κ3) is 5.43. The first-order valence-electron chi connectivity index (χ1n) is 9.25. The second kappa shape index (κ2) is 8.58. The first kappa shape index (κ1) is 21.7. The second-order valence-corrected chi connectivity index (χ2v) is 9.68. The van der Waals surface area contributed by atoms with Gasteiger partial charge in [0.05, 0.1) is 7.11 Å². The van der Waals surface area contributed by atoms with Gasteiger partial charge in [0, 0.05) is 25.2 Å². The van der Waals surface area contributed by atoms with Gasteiger partial charge >= 0.3 is 0 Å². The molecule has 8 heteroatoms. The van der Waals surface area contributed by atoms with Gasteiger partial charge in [-0.3, -0.25) is 4.79 Å². The van der Waals surface area contributed by atoms with E-state index in [0.29, 0.717) is 18.7 Å². The first-order chi connectivity index (χ1) is 12.6. The van der Waals surface area contributed by atoms with Crippen LogP contribution in [-0.4, -0.2) is 52.5 Å². The van der Waals surface area contributed by atoms with E-state index in [4.69, 9.17) is 10.5 Å². The molecular formula is C19H31N3O4S. The highest BCUT2D eigenvalue weighted by Gasteiger charge is 2.28. The monoisotopic (exact) mass is 397 g/mol. The molecule has 3 N–H and O–H groups in total. The zero-order chi connectivity index (χ0) is 20.2. The number of ether oxygens (including phenoxy) is 1. The van der Waals surface area contributed by atoms with Crippen LogP contribution in [0, 0.1) is 5.41 Å². The van der Waals surface area contributed by atoms with Gasteiger partial charge in [-0.15, -0.1) is 0 Å². The Kier molecular flexibility index (Phi) is 6.88. The van der Waals surface area contributed by atoms with Crippen molar-refractivity contribution in [2.24, 2.45) is 11.1 Å². The predicted molar refractivity (Wildman–Crippen MR) is 105 cm³/mol. The van der Waals surface area contributed by atoms with Gasteiger partial charge in [0.2, 0.25) is 10.0 Å². The van der Waals surface area contributed by atoms with E-state index < -0.39 is 10.0 Å². The summed E-state index contributed by atoms with van der Waals surface area (Å²) in [6, 6.07) is 4.44. The van der Waals surface area contributed by atoms with Crippen LogP contribution >= 0.6 is 0 Å². The largest absolute Gasteiger partial charge is 0.495 e. The number of sulfonamides is 1. The number of nitrogens with two attached hydrogens (primary N) is 1. The molecule has 0 heterocycles. The minimum absolute atomic E-state index is 0.00534. The van der Waals surface area contributed by atoms with Gasteiger partial charge in [-0.25, -0.2) is 13.1 Å². The smallest absolute Gasteiger partial charge is 0.253 e. The van der Waals surface area contributed by atoms with Crippen LogP contribution in [0.4, 0.5) is 0 Å². The van der Waals surface area contributed by atoms with E-state index in [1.807, 2.05) is 13.8 Å². The quantitative estimate of drug-likeness (QED) is 0.698. The Balaban J connectivity index is 2.29. The number of nitrogens with zero attached hydrogens (tertiary/aromatic N) is 1. The molecule has 0 saturated heterocycles. The Morgan fingerprint density at radius 1 is 1.33 bits per heavy atom. The average molecular weight is 398 g/mol. The molecule has 27 heavy (non-hydrogen) atoms. The number of benzene rings is 1. The highest BCUT2D eigenvalue weighted by molar-refractivity contribution is 7.89. The van der Waals surface area contributed by atoms with Gasteiger partial charge in [-0.1, -0.05) is 26.7 Å². The van der Waals surface area contributed by atoms with Gasteiger partial charge < -0.3 is 15.4 Å². The number of nitrogens with one attached hydrogen (secondary N) is 1. The molecule has 152 valence electrons. The zero-order valence-electron chi connectivity index (χ0n) is 16.6. The van der Waals surface area contributed by atoms with Crippen molar-refractivity contribution in [3.05, 3.63) is 23.8 Å². The van der Waals surface area contributed by atoms with Crippen LogP contribution in [0.25, 0.3) is 0 Å². The van der Waals surface area contributed by atoms with Crippen LogP contribution in [0.1, 0.15) is 49.9 Å². The first-order valence-corrected chi connectivity index (χ1v) is 10.7. The molecule has 0 atom stereocenters. The molecule has 0 aromatic heterocycles. The minimum Gasteiger partial charge on any atom is -0.495 e. The fourth-order valence-corrected chi connectivity index (χ4v) is 4.84. The number of amides is 1. The Morgan fingerprint density at radius 3 is 2.52 bits per heavy atom. The van der Waals surface area contributed by atoms with Crippen molar-refractivity contribution in [3.63, 3.8) is 0 Å². The minimum atomic E-state index is -3.77. The van der Waals surface area contributed by atoms with Crippen molar-refractivity contribution >= 4 is 15.9 Å². The van der Waals surface area contributed by atoms with E-state index in [2.05, 4.69) is 4.72 Å². The van der Waals surface area contributed by atoms with Crippen LogP contribution in [0.3, 0.4) is 0 Å². The Bertz CT molecular complexity index is 771. The van der Waals surface area contributed by atoms with E-state index in [1.54, 1.807) is 18.0 Å². The summed E-state index contributed by atoms with van der Waals surface area (Å²) in [4.78, 5) is 14.4. The lowest BCUT2D eigenvalue weighted by molar-refractivity contribution is 0.0740. The van der Waals surface area contributed by atoms with Crippen LogP contribution in [-0.2, 0) is 10.0 Å². The van der Waals surface area contributed by atoms with Crippen molar-refractivity contribution in [2.45, 2.75) is 50.5 Å². The number of carbonyl (C=O) groups is 1. The van der Waals surface area contributed by atoms with Crippen molar-refractivity contribution in [1.82, 2.24) is 9.62 Å². The fourth-order valence-electron chi connectivity index (χ4n) is 3.35. The van der Waals surface area contributed by atoms with Crippen LogP contribution in [0.15, 0.2) is 23.1 Å². The predicted octanol–water partition coefficient (Wildman–Crippen LogP) is 1.97. The maximum atomic E-state index is 12.9. The second-order valence-electron chi connectivity index (χ2n) is 8.00. The van der Waals surface area contributed by atoms with E-state index in [0.717, 1.165) is 25.7 Å². The zero-order valence-corrected chi connectivity index (χ0v) is 17.4. The van der Waals surface area contributed by atoms with Gasteiger partial charge in [-0.05, 0) is 43.0 Å². The molecule has 0 bridgehead atoms. The number of rotatable bonds is 8. The molecule has 0 spiro atoms. The van der Waals surface area contributed by atoms with Gasteiger partial charge in [0.15, 0.2) is 0 Å². The maximum Gasteiger partial charge on any atom is 0.253 e. The lowest BCUT2D eigenvalue weighted by atomic mass is 9.93. The molecule has 0 radical (unpaired) electrons. The fraction of sp³-hybridized carbons (Fsp3) is 0.632. The summed E-state index contributed by atoms with van der Waals surface area (Å²) in [5.41, 5.74) is 5.83. The van der Waals surface area contributed by atoms with Gasteiger partial charge in [-0.2, -0.15) is 0 Å². The van der Waals surface area contributed by atoms with Crippen molar-refractivity contribution in [1.29, 1.82) is 0 Å². The molecule has 1 saturated carbocycles. The molecule has 1 amide bonds. The Morgan fingerprint density at radius 2 is 1.96 bits per heavy atom. The molecule has 1 fully saturated rings. The van der Waals surface area contributed by atoms with E-state index in [9.17, 15) is 13.2 Å². The van der Waals surface area contributed by atoms with Gasteiger partial charge in [0.1, 0.15) is 10.6 Å².